The lowest BCUT2D eigenvalue weighted by molar-refractivity contribution is -0.0181. The third-order valence-electron chi connectivity index (χ3n) is 2.28. The summed E-state index contributed by atoms with van der Waals surface area (Å²) in [5.74, 6) is 0. The van der Waals surface area contributed by atoms with Crippen molar-refractivity contribution in [1.29, 1.82) is 0 Å². The zero-order valence-electron chi connectivity index (χ0n) is 9.59. The van der Waals surface area contributed by atoms with Gasteiger partial charge in [-0.25, -0.2) is 4.79 Å². The highest BCUT2D eigenvalue weighted by atomic mass is 16.6. The first-order chi connectivity index (χ1) is 6.87. The second-order valence-electron chi connectivity index (χ2n) is 5.03. The number of ether oxygens (including phenoxy) is 1. The third-order valence-corrected chi connectivity index (χ3v) is 2.28. The Kier molecular flexibility index (Phi) is 3.57. The summed E-state index contributed by atoms with van der Waals surface area (Å²) in [5.41, 5.74) is -1.06. The molecule has 3 N–H and O–H groups in total. The van der Waals surface area contributed by atoms with Gasteiger partial charge in [-0.05, 0) is 27.3 Å². The molecule has 5 nitrogen and oxygen atoms in total. The Morgan fingerprint density at radius 2 is 2.27 bits per heavy atom. The summed E-state index contributed by atoms with van der Waals surface area (Å²) in [7, 11) is 0. The average Bonchev–Trinajstić information content (AvgIpc) is 2.50. The van der Waals surface area contributed by atoms with Crippen molar-refractivity contribution < 1.29 is 14.6 Å². The van der Waals surface area contributed by atoms with Gasteiger partial charge in [0.2, 0.25) is 0 Å². The summed E-state index contributed by atoms with van der Waals surface area (Å²) in [5, 5.41) is 15.0. The van der Waals surface area contributed by atoms with Gasteiger partial charge in [0, 0.05) is 18.5 Å². The normalized spacial score (nSPS) is 26.4. The second-order valence-corrected chi connectivity index (χ2v) is 5.03. The molecular weight excluding hydrogens is 196 g/mol. The number of carbonyl (C=O) groups excluding carboxylic acids is 1. The van der Waals surface area contributed by atoms with Gasteiger partial charge in [-0.3, -0.25) is 0 Å². The molecular formula is C10H20N2O3. The van der Waals surface area contributed by atoms with E-state index >= 15 is 0 Å². The third kappa shape index (κ3) is 3.68. The Hall–Kier alpha value is -0.810. The van der Waals surface area contributed by atoms with Gasteiger partial charge in [0.1, 0.15) is 0 Å². The molecule has 0 aromatic carbocycles. The molecule has 1 amide bonds. The van der Waals surface area contributed by atoms with E-state index < -0.39 is 11.7 Å². The maximum atomic E-state index is 11.5. The van der Waals surface area contributed by atoms with E-state index in [1.807, 2.05) is 20.8 Å². The molecule has 0 radical (unpaired) electrons. The molecule has 0 aliphatic carbocycles. The van der Waals surface area contributed by atoms with Crippen molar-refractivity contribution in [2.45, 2.75) is 38.3 Å². The summed E-state index contributed by atoms with van der Waals surface area (Å²) in [4.78, 5) is 11.5. The fourth-order valence-electron chi connectivity index (χ4n) is 1.50. The van der Waals surface area contributed by atoms with Crippen molar-refractivity contribution in [1.82, 2.24) is 10.6 Å². The SMILES string of the molecule is CC(C)(C)NC(=O)OC1(CO)CCNC1. The van der Waals surface area contributed by atoms with Crippen molar-refractivity contribution in [3.63, 3.8) is 0 Å². The van der Waals surface area contributed by atoms with Crippen LogP contribution in [0.3, 0.4) is 0 Å². The lowest BCUT2D eigenvalue weighted by Crippen LogP contribution is -2.48. The van der Waals surface area contributed by atoms with Crippen LogP contribution in [0.15, 0.2) is 0 Å². The van der Waals surface area contributed by atoms with Crippen LogP contribution in [0.5, 0.6) is 0 Å². The average molecular weight is 216 g/mol. The van der Waals surface area contributed by atoms with Gasteiger partial charge in [0.05, 0.1) is 6.61 Å². The fraction of sp³-hybridized carbons (Fsp3) is 0.900. The van der Waals surface area contributed by atoms with Crippen LogP contribution in [0.1, 0.15) is 27.2 Å². The van der Waals surface area contributed by atoms with Gasteiger partial charge in [-0.15, -0.1) is 0 Å². The maximum Gasteiger partial charge on any atom is 0.408 e. The number of hydrogen-bond acceptors (Lipinski definition) is 4. The van der Waals surface area contributed by atoms with Crippen LogP contribution in [-0.2, 0) is 4.74 Å². The molecule has 1 aliphatic heterocycles. The molecule has 1 rings (SSSR count). The van der Waals surface area contributed by atoms with E-state index in [1.165, 1.54) is 0 Å². The van der Waals surface area contributed by atoms with Gasteiger partial charge in [0.15, 0.2) is 5.60 Å². The first kappa shape index (κ1) is 12.3. The summed E-state index contributed by atoms with van der Waals surface area (Å²) >= 11 is 0. The topological polar surface area (TPSA) is 70.6 Å². The summed E-state index contributed by atoms with van der Waals surface area (Å²) in [6.07, 6.45) is 0.182. The predicted molar refractivity (Wildman–Crippen MR) is 56.7 cm³/mol. The molecule has 1 saturated heterocycles. The minimum absolute atomic E-state index is 0.141. The zero-order chi connectivity index (χ0) is 11.5. The van der Waals surface area contributed by atoms with E-state index in [-0.39, 0.29) is 12.1 Å². The van der Waals surface area contributed by atoms with E-state index in [1.54, 1.807) is 0 Å². The number of alkyl carbamates (subject to hydrolysis) is 1. The van der Waals surface area contributed by atoms with Crippen molar-refractivity contribution >= 4 is 6.09 Å². The standard InChI is InChI=1S/C10H20N2O3/c1-9(2,3)12-8(14)15-10(7-13)4-5-11-6-10/h11,13H,4-7H2,1-3H3,(H,12,14). The van der Waals surface area contributed by atoms with Gasteiger partial charge < -0.3 is 20.5 Å². The van der Waals surface area contributed by atoms with Gasteiger partial charge in [0.25, 0.3) is 0 Å². The van der Waals surface area contributed by atoms with Gasteiger partial charge >= 0.3 is 6.09 Å². The highest BCUT2D eigenvalue weighted by Gasteiger charge is 2.37. The number of aliphatic hydroxyl groups excluding tert-OH is 1. The van der Waals surface area contributed by atoms with Crippen molar-refractivity contribution in [3.05, 3.63) is 0 Å². The number of hydrogen-bond donors (Lipinski definition) is 3. The first-order valence-corrected chi connectivity index (χ1v) is 5.20. The Balaban J connectivity index is 2.49. The van der Waals surface area contributed by atoms with Crippen molar-refractivity contribution in [3.8, 4) is 0 Å². The summed E-state index contributed by atoms with van der Waals surface area (Å²) in [6.45, 7) is 6.79. The molecule has 15 heavy (non-hydrogen) atoms. The van der Waals surface area contributed by atoms with Gasteiger partial charge in [-0.2, -0.15) is 0 Å². The molecule has 1 unspecified atom stereocenters. The Labute approximate surface area is 90.2 Å². The highest BCUT2D eigenvalue weighted by Crippen LogP contribution is 2.19. The lowest BCUT2D eigenvalue weighted by atomic mass is 10.1. The first-order valence-electron chi connectivity index (χ1n) is 5.20. The molecule has 0 saturated carbocycles. The molecule has 0 bridgehead atoms. The number of aliphatic hydroxyl groups is 1. The van der Waals surface area contributed by atoms with E-state index in [9.17, 15) is 9.90 Å². The fourth-order valence-corrected chi connectivity index (χ4v) is 1.50. The lowest BCUT2D eigenvalue weighted by Gasteiger charge is -2.28. The van der Waals surface area contributed by atoms with Gasteiger partial charge in [-0.1, -0.05) is 0 Å². The van der Waals surface area contributed by atoms with Crippen molar-refractivity contribution in [2.75, 3.05) is 19.7 Å². The van der Waals surface area contributed by atoms with Crippen molar-refractivity contribution in [2.24, 2.45) is 0 Å². The van der Waals surface area contributed by atoms with E-state index in [0.29, 0.717) is 13.0 Å². The van der Waals surface area contributed by atoms with Crippen LogP contribution in [0, 0.1) is 0 Å². The minimum atomic E-state index is -0.741. The van der Waals surface area contributed by atoms with Crippen LogP contribution in [-0.4, -0.2) is 42.0 Å². The number of nitrogens with one attached hydrogen (secondary N) is 2. The van der Waals surface area contributed by atoms with E-state index in [2.05, 4.69) is 10.6 Å². The molecule has 1 heterocycles. The monoisotopic (exact) mass is 216 g/mol. The second kappa shape index (κ2) is 4.37. The molecule has 5 heteroatoms. The largest absolute Gasteiger partial charge is 0.439 e. The predicted octanol–water partition coefficient (Wildman–Crippen LogP) is 0.236. The maximum absolute atomic E-state index is 11.5. The quantitative estimate of drug-likeness (QED) is 0.618. The van der Waals surface area contributed by atoms with Crippen LogP contribution in [0.25, 0.3) is 0 Å². The zero-order valence-corrected chi connectivity index (χ0v) is 9.59. The van der Waals surface area contributed by atoms with Crippen LogP contribution in [0.2, 0.25) is 0 Å². The minimum Gasteiger partial charge on any atom is -0.439 e. The van der Waals surface area contributed by atoms with E-state index in [0.717, 1.165) is 6.54 Å². The molecule has 0 aromatic rings. The smallest absolute Gasteiger partial charge is 0.408 e. The molecule has 1 atom stereocenters. The molecule has 0 aromatic heterocycles. The van der Waals surface area contributed by atoms with E-state index in [4.69, 9.17) is 4.74 Å². The molecule has 88 valence electrons. The number of carbonyl (C=O) groups is 1. The van der Waals surface area contributed by atoms with Crippen LogP contribution in [0.4, 0.5) is 4.79 Å². The summed E-state index contributed by atoms with van der Waals surface area (Å²) in [6, 6.07) is 0. The Bertz CT molecular complexity index is 229. The Morgan fingerprint density at radius 1 is 1.60 bits per heavy atom. The summed E-state index contributed by atoms with van der Waals surface area (Å²) < 4.78 is 5.26. The van der Waals surface area contributed by atoms with Crippen LogP contribution < -0.4 is 10.6 Å². The molecule has 0 spiro atoms. The highest BCUT2D eigenvalue weighted by molar-refractivity contribution is 5.68. The van der Waals surface area contributed by atoms with Crippen LogP contribution >= 0.6 is 0 Å². The Morgan fingerprint density at radius 3 is 2.67 bits per heavy atom. The molecule has 1 aliphatic rings. The number of rotatable bonds is 2. The number of amides is 1. The molecule has 1 fully saturated rings.